The van der Waals surface area contributed by atoms with E-state index < -0.39 is 5.60 Å². The summed E-state index contributed by atoms with van der Waals surface area (Å²) in [5.74, 6) is 0.229. The van der Waals surface area contributed by atoms with Crippen LogP contribution in [0.1, 0.15) is 31.9 Å². The van der Waals surface area contributed by atoms with Gasteiger partial charge in [-0.1, -0.05) is 29.8 Å². The van der Waals surface area contributed by atoms with Crippen LogP contribution in [-0.4, -0.2) is 17.3 Å². The predicted octanol–water partition coefficient (Wildman–Crippen LogP) is 3.88. The van der Waals surface area contributed by atoms with Gasteiger partial charge in [-0.05, 0) is 49.9 Å². The first kappa shape index (κ1) is 14.5. The van der Waals surface area contributed by atoms with Crippen LogP contribution in [0.5, 0.6) is 0 Å². The van der Waals surface area contributed by atoms with Crippen molar-refractivity contribution in [1.82, 2.24) is 0 Å². The van der Waals surface area contributed by atoms with Crippen LogP contribution in [0.3, 0.4) is 0 Å². The third-order valence-corrected chi connectivity index (χ3v) is 4.58. The summed E-state index contributed by atoms with van der Waals surface area (Å²) in [4.78, 5) is 0. The normalized spacial score (nSPS) is 14.8. The monoisotopic (exact) mass is 299 g/mol. The molecule has 2 nitrogen and oxygen atoms in total. The Hall–Kier alpha value is -0.540. The molecule has 1 rings (SSSR count). The summed E-state index contributed by atoms with van der Waals surface area (Å²) in [5, 5.41) is 13.5. The number of benzene rings is 1. The highest BCUT2D eigenvalue weighted by Gasteiger charge is 2.24. The zero-order valence-electron chi connectivity index (χ0n) is 11.3. The Morgan fingerprint density at radius 2 is 1.76 bits per heavy atom. The molecule has 0 fully saturated rings. The number of nitrogens with one attached hydrogen (secondary N) is 1. The van der Waals surface area contributed by atoms with Crippen LogP contribution in [0, 0.1) is 19.8 Å². The molecule has 0 heterocycles. The summed E-state index contributed by atoms with van der Waals surface area (Å²) in [6.45, 7) is 10.6. The number of halogens is 1. The van der Waals surface area contributed by atoms with Crippen LogP contribution in [-0.2, 0) is 0 Å². The van der Waals surface area contributed by atoms with Crippen LogP contribution in [0.4, 0.5) is 5.69 Å². The molecule has 0 saturated carbocycles. The number of hydrogen-bond donors (Lipinski definition) is 2. The van der Waals surface area contributed by atoms with Crippen LogP contribution < -0.4 is 5.32 Å². The van der Waals surface area contributed by atoms with Gasteiger partial charge in [0.25, 0.3) is 0 Å². The topological polar surface area (TPSA) is 32.3 Å². The highest BCUT2D eigenvalue weighted by atomic mass is 79.9. The maximum absolute atomic E-state index is 10.2. The molecule has 96 valence electrons. The van der Waals surface area contributed by atoms with Gasteiger partial charge in [0.15, 0.2) is 0 Å². The number of anilines is 1. The van der Waals surface area contributed by atoms with Crippen molar-refractivity contribution < 1.29 is 5.11 Å². The molecule has 0 spiro atoms. The molecule has 0 aliphatic carbocycles. The van der Waals surface area contributed by atoms with Crippen LogP contribution in [0.2, 0.25) is 0 Å². The molecular formula is C14H22BrNO. The first-order valence-electron chi connectivity index (χ1n) is 5.97. The number of rotatable bonds is 4. The van der Waals surface area contributed by atoms with Gasteiger partial charge in [0, 0.05) is 16.7 Å². The van der Waals surface area contributed by atoms with E-state index in [0.29, 0.717) is 6.54 Å². The quantitative estimate of drug-likeness (QED) is 0.884. The molecule has 0 bridgehead atoms. The first-order valence-corrected chi connectivity index (χ1v) is 6.76. The van der Waals surface area contributed by atoms with Crippen molar-refractivity contribution in [1.29, 1.82) is 0 Å². The Kier molecular flexibility index (Phi) is 4.62. The van der Waals surface area contributed by atoms with E-state index in [-0.39, 0.29) is 5.92 Å². The maximum atomic E-state index is 10.2. The summed E-state index contributed by atoms with van der Waals surface area (Å²) in [6, 6.07) is 4.18. The molecule has 0 radical (unpaired) electrons. The minimum absolute atomic E-state index is 0.229. The first-order chi connectivity index (χ1) is 7.74. The Labute approximate surface area is 113 Å². The third-order valence-electron chi connectivity index (χ3n) is 3.33. The molecule has 1 unspecified atom stereocenters. The maximum Gasteiger partial charge on any atom is 0.0813 e. The lowest BCUT2D eigenvalue weighted by atomic mass is 9.92. The second-order valence-electron chi connectivity index (χ2n) is 5.29. The van der Waals surface area contributed by atoms with Crippen LogP contribution >= 0.6 is 15.9 Å². The van der Waals surface area contributed by atoms with Gasteiger partial charge in [-0.3, -0.25) is 0 Å². The molecule has 3 heteroatoms. The van der Waals surface area contributed by atoms with Crippen molar-refractivity contribution >= 4 is 21.6 Å². The molecule has 1 aromatic rings. The fourth-order valence-corrected chi connectivity index (χ4v) is 1.76. The predicted molar refractivity (Wildman–Crippen MR) is 77.6 cm³/mol. The Balaban J connectivity index is 2.77. The van der Waals surface area contributed by atoms with Gasteiger partial charge in [-0.2, -0.15) is 0 Å². The number of aliphatic hydroxyl groups is 1. The van der Waals surface area contributed by atoms with Crippen molar-refractivity contribution in [3.8, 4) is 0 Å². The van der Waals surface area contributed by atoms with Crippen LogP contribution in [0.15, 0.2) is 16.6 Å². The molecule has 0 aliphatic heterocycles. The lowest BCUT2D eigenvalue weighted by Gasteiger charge is -2.28. The smallest absolute Gasteiger partial charge is 0.0813 e. The van der Waals surface area contributed by atoms with E-state index in [4.69, 9.17) is 0 Å². The van der Waals surface area contributed by atoms with Crippen molar-refractivity contribution in [3.63, 3.8) is 0 Å². The van der Waals surface area contributed by atoms with Gasteiger partial charge in [-0.25, -0.2) is 0 Å². The van der Waals surface area contributed by atoms with E-state index in [1.54, 1.807) is 0 Å². The fourth-order valence-electron chi connectivity index (χ4n) is 1.53. The fraction of sp³-hybridized carbons (Fsp3) is 0.571. The van der Waals surface area contributed by atoms with Crippen molar-refractivity contribution in [2.24, 2.45) is 5.92 Å². The number of aryl methyl sites for hydroxylation is 2. The summed E-state index contributed by atoms with van der Waals surface area (Å²) in [7, 11) is 0. The van der Waals surface area contributed by atoms with Crippen molar-refractivity contribution in [2.75, 3.05) is 11.9 Å². The molecule has 1 atom stereocenters. The Morgan fingerprint density at radius 1 is 1.29 bits per heavy atom. The lowest BCUT2D eigenvalue weighted by Crippen LogP contribution is -2.38. The van der Waals surface area contributed by atoms with E-state index in [2.05, 4.69) is 47.2 Å². The SMILES string of the molecule is Cc1cc(NCC(C)(O)C(C)C)cc(C)c1Br. The molecule has 0 aliphatic rings. The second-order valence-corrected chi connectivity index (χ2v) is 6.08. The van der Waals surface area contributed by atoms with Gasteiger partial charge in [0.2, 0.25) is 0 Å². The summed E-state index contributed by atoms with van der Waals surface area (Å²) < 4.78 is 1.15. The molecule has 0 amide bonds. The van der Waals surface area contributed by atoms with Crippen molar-refractivity contribution in [2.45, 2.75) is 40.2 Å². The summed E-state index contributed by atoms with van der Waals surface area (Å²) in [6.07, 6.45) is 0. The third kappa shape index (κ3) is 3.71. The highest BCUT2D eigenvalue weighted by molar-refractivity contribution is 9.10. The molecule has 1 aromatic carbocycles. The van der Waals surface area contributed by atoms with E-state index >= 15 is 0 Å². The molecular weight excluding hydrogens is 278 g/mol. The second kappa shape index (κ2) is 5.40. The van der Waals surface area contributed by atoms with Gasteiger partial charge in [0.05, 0.1) is 5.60 Å². The average Bonchev–Trinajstić information content (AvgIpc) is 2.22. The minimum Gasteiger partial charge on any atom is -0.388 e. The Bertz CT molecular complexity index is 376. The van der Waals surface area contributed by atoms with E-state index in [1.807, 2.05) is 20.8 Å². The van der Waals surface area contributed by atoms with Gasteiger partial charge < -0.3 is 10.4 Å². The van der Waals surface area contributed by atoms with Crippen LogP contribution in [0.25, 0.3) is 0 Å². The standard InChI is InChI=1S/C14H22BrNO/c1-9(2)14(5,17)8-16-12-6-10(3)13(15)11(4)7-12/h6-7,9,16-17H,8H2,1-5H3. The zero-order valence-corrected chi connectivity index (χ0v) is 12.9. The van der Waals surface area contributed by atoms with E-state index in [1.165, 1.54) is 11.1 Å². The highest BCUT2D eigenvalue weighted by Crippen LogP contribution is 2.26. The molecule has 0 saturated heterocycles. The van der Waals surface area contributed by atoms with Crippen molar-refractivity contribution in [3.05, 3.63) is 27.7 Å². The Morgan fingerprint density at radius 3 is 2.18 bits per heavy atom. The lowest BCUT2D eigenvalue weighted by molar-refractivity contribution is 0.0266. The molecule has 0 aromatic heterocycles. The molecule has 2 N–H and O–H groups in total. The van der Waals surface area contributed by atoms with E-state index in [9.17, 15) is 5.11 Å². The van der Waals surface area contributed by atoms with E-state index in [0.717, 1.165) is 10.2 Å². The van der Waals surface area contributed by atoms with Gasteiger partial charge in [0.1, 0.15) is 0 Å². The summed E-state index contributed by atoms with van der Waals surface area (Å²) in [5.41, 5.74) is 2.78. The van der Waals surface area contributed by atoms with Gasteiger partial charge in [-0.15, -0.1) is 0 Å². The van der Waals surface area contributed by atoms with Gasteiger partial charge >= 0.3 is 0 Å². The zero-order chi connectivity index (χ0) is 13.2. The average molecular weight is 300 g/mol. The number of hydrogen-bond acceptors (Lipinski definition) is 2. The molecule has 17 heavy (non-hydrogen) atoms. The minimum atomic E-state index is -0.686. The largest absolute Gasteiger partial charge is 0.388 e. The summed E-state index contributed by atoms with van der Waals surface area (Å²) >= 11 is 3.55.